The third-order valence-corrected chi connectivity index (χ3v) is 3.13. The molecule has 0 bridgehead atoms. The molecule has 0 unspecified atom stereocenters. The summed E-state index contributed by atoms with van der Waals surface area (Å²) < 4.78 is 1.68. The Morgan fingerprint density at radius 2 is 2.04 bits per heavy atom. The summed E-state index contributed by atoms with van der Waals surface area (Å²) in [6.07, 6.45) is 5.19. The number of nitrogens with one attached hydrogen (secondary N) is 1. The molecule has 3 aromatic heterocycles. The maximum Gasteiger partial charge on any atom is 0.188 e. The van der Waals surface area contributed by atoms with Crippen LogP contribution in [0.4, 0.5) is 11.5 Å². The molecule has 0 saturated carbocycles. The lowest BCUT2D eigenvalue weighted by atomic mass is 10.3. The minimum absolute atomic E-state index is 0.0359. The summed E-state index contributed by atoms with van der Waals surface area (Å²) in [5, 5.41) is 19.0. The second-order valence-electron chi connectivity index (χ2n) is 4.88. The fourth-order valence-electron chi connectivity index (χ4n) is 1.93. The lowest BCUT2D eigenvalue weighted by Gasteiger charge is -2.04. The second kappa shape index (κ2) is 6.14. The molecule has 0 amide bonds. The highest BCUT2D eigenvalue weighted by Crippen LogP contribution is 2.15. The van der Waals surface area contributed by atoms with Crippen LogP contribution >= 0.6 is 0 Å². The van der Waals surface area contributed by atoms with Crippen LogP contribution in [0.25, 0.3) is 5.82 Å². The predicted molar refractivity (Wildman–Crippen MR) is 86.1 cm³/mol. The van der Waals surface area contributed by atoms with Crippen molar-refractivity contribution >= 4 is 17.3 Å². The molecule has 3 rings (SSSR count). The van der Waals surface area contributed by atoms with Crippen LogP contribution in [0.3, 0.4) is 0 Å². The van der Waals surface area contributed by atoms with Crippen LogP contribution < -0.4 is 11.1 Å². The van der Waals surface area contributed by atoms with Crippen LogP contribution in [0.15, 0.2) is 54.1 Å². The van der Waals surface area contributed by atoms with E-state index in [2.05, 4.69) is 25.5 Å². The highest BCUT2D eigenvalue weighted by atomic mass is 16.4. The molecule has 3 heterocycles. The molecule has 0 aromatic carbocycles. The van der Waals surface area contributed by atoms with E-state index in [9.17, 15) is 0 Å². The Balaban J connectivity index is 1.75. The standard InChI is InChI=1S/C15H15N7O/c1-10-2-5-14(18-8-10)22-7-6-13(20-22)19-11-3-4-12(17-9-11)15(16)21-23/h2-9,23H,1H3,(H2,16,21)(H,19,20). The number of oxime groups is 1. The number of aromatic nitrogens is 4. The van der Waals surface area contributed by atoms with Gasteiger partial charge in [0.05, 0.1) is 11.9 Å². The van der Waals surface area contributed by atoms with Crippen molar-refractivity contribution in [3.63, 3.8) is 0 Å². The molecule has 0 atom stereocenters. The van der Waals surface area contributed by atoms with Gasteiger partial charge in [-0.05, 0) is 30.7 Å². The van der Waals surface area contributed by atoms with Gasteiger partial charge in [0.1, 0.15) is 5.69 Å². The summed E-state index contributed by atoms with van der Waals surface area (Å²) >= 11 is 0. The van der Waals surface area contributed by atoms with Gasteiger partial charge in [-0.15, -0.1) is 5.10 Å². The summed E-state index contributed by atoms with van der Waals surface area (Å²) in [5.74, 6) is 1.36. The molecule has 0 aliphatic carbocycles. The van der Waals surface area contributed by atoms with Crippen molar-refractivity contribution in [1.82, 2.24) is 19.7 Å². The SMILES string of the molecule is Cc1ccc(-n2ccc(Nc3ccc(/C(N)=N/O)nc3)n2)nc1. The number of nitrogens with zero attached hydrogens (tertiary/aromatic N) is 5. The van der Waals surface area contributed by atoms with E-state index in [4.69, 9.17) is 10.9 Å². The number of hydrogen-bond acceptors (Lipinski definition) is 6. The van der Waals surface area contributed by atoms with Gasteiger partial charge in [0.15, 0.2) is 17.5 Å². The van der Waals surface area contributed by atoms with Gasteiger partial charge in [-0.3, -0.25) is 4.98 Å². The van der Waals surface area contributed by atoms with Crippen LogP contribution in [0.2, 0.25) is 0 Å². The van der Waals surface area contributed by atoms with Crippen LogP contribution in [-0.4, -0.2) is 30.8 Å². The molecule has 0 spiro atoms. The monoisotopic (exact) mass is 309 g/mol. The van der Waals surface area contributed by atoms with E-state index >= 15 is 0 Å². The Bertz CT molecular complexity index is 822. The molecule has 8 nitrogen and oxygen atoms in total. The number of nitrogens with two attached hydrogens (primary N) is 1. The van der Waals surface area contributed by atoms with E-state index in [0.717, 1.165) is 17.1 Å². The van der Waals surface area contributed by atoms with Gasteiger partial charge in [-0.1, -0.05) is 11.2 Å². The second-order valence-corrected chi connectivity index (χ2v) is 4.88. The molecule has 4 N–H and O–H groups in total. The summed E-state index contributed by atoms with van der Waals surface area (Å²) in [7, 11) is 0. The highest BCUT2D eigenvalue weighted by Gasteiger charge is 2.04. The molecular formula is C15H15N7O. The zero-order chi connectivity index (χ0) is 16.2. The van der Waals surface area contributed by atoms with E-state index in [1.54, 1.807) is 29.2 Å². The average molecular weight is 309 g/mol. The van der Waals surface area contributed by atoms with E-state index < -0.39 is 0 Å². The first kappa shape index (κ1) is 14.5. The average Bonchev–Trinajstić information content (AvgIpc) is 3.04. The van der Waals surface area contributed by atoms with E-state index in [1.807, 2.05) is 31.3 Å². The summed E-state index contributed by atoms with van der Waals surface area (Å²) in [4.78, 5) is 8.41. The molecule has 0 saturated heterocycles. The molecule has 116 valence electrons. The number of amidine groups is 1. The maximum atomic E-state index is 8.61. The molecule has 8 heteroatoms. The summed E-state index contributed by atoms with van der Waals surface area (Å²) in [6.45, 7) is 1.98. The van der Waals surface area contributed by atoms with Gasteiger partial charge in [-0.2, -0.15) is 0 Å². The Hall–Kier alpha value is -3.42. The van der Waals surface area contributed by atoms with Gasteiger partial charge >= 0.3 is 0 Å². The topological polar surface area (TPSA) is 114 Å². The van der Waals surface area contributed by atoms with Crippen molar-refractivity contribution < 1.29 is 5.21 Å². The minimum Gasteiger partial charge on any atom is -0.409 e. The Morgan fingerprint density at radius 1 is 1.17 bits per heavy atom. The first-order valence-corrected chi connectivity index (χ1v) is 6.85. The van der Waals surface area contributed by atoms with Crippen molar-refractivity contribution in [2.24, 2.45) is 10.9 Å². The van der Waals surface area contributed by atoms with Crippen LogP contribution in [-0.2, 0) is 0 Å². The molecule has 0 aliphatic rings. The third kappa shape index (κ3) is 3.26. The summed E-state index contributed by atoms with van der Waals surface area (Å²) in [5.41, 5.74) is 7.70. The highest BCUT2D eigenvalue weighted by molar-refractivity contribution is 5.95. The Kier molecular flexibility index (Phi) is 3.88. The lowest BCUT2D eigenvalue weighted by Crippen LogP contribution is -2.14. The van der Waals surface area contributed by atoms with Gasteiger partial charge < -0.3 is 16.3 Å². The number of anilines is 2. The molecule has 0 aliphatic heterocycles. The molecule has 23 heavy (non-hydrogen) atoms. The molecule has 0 radical (unpaired) electrons. The van der Waals surface area contributed by atoms with Gasteiger partial charge in [-0.25, -0.2) is 9.67 Å². The number of rotatable bonds is 4. The largest absolute Gasteiger partial charge is 0.409 e. The Labute approximate surface area is 132 Å². The van der Waals surface area contributed by atoms with Crippen molar-refractivity contribution in [2.45, 2.75) is 6.92 Å². The van der Waals surface area contributed by atoms with Crippen molar-refractivity contribution in [3.05, 3.63) is 60.2 Å². The number of pyridine rings is 2. The third-order valence-electron chi connectivity index (χ3n) is 3.13. The number of hydrogen-bond donors (Lipinski definition) is 3. The van der Waals surface area contributed by atoms with Gasteiger partial charge in [0.2, 0.25) is 0 Å². The first-order chi connectivity index (χ1) is 11.2. The van der Waals surface area contributed by atoms with Crippen LogP contribution in [0, 0.1) is 6.92 Å². The van der Waals surface area contributed by atoms with E-state index in [-0.39, 0.29) is 5.84 Å². The van der Waals surface area contributed by atoms with Crippen LogP contribution in [0.5, 0.6) is 0 Å². The van der Waals surface area contributed by atoms with Gasteiger partial charge in [0.25, 0.3) is 0 Å². The first-order valence-electron chi connectivity index (χ1n) is 6.85. The van der Waals surface area contributed by atoms with Crippen LogP contribution in [0.1, 0.15) is 11.3 Å². The zero-order valence-corrected chi connectivity index (χ0v) is 12.4. The van der Waals surface area contributed by atoms with Crippen molar-refractivity contribution in [2.75, 3.05) is 5.32 Å². The molecular weight excluding hydrogens is 294 g/mol. The summed E-state index contributed by atoms with van der Waals surface area (Å²) in [6, 6.07) is 9.13. The maximum absolute atomic E-state index is 8.61. The normalized spacial score (nSPS) is 11.4. The zero-order valence-electron chi connectivity index (χ0n) is 12.4. The molecule has 3 aromatic rings. The Morgan fingerprint density at radius 3 is 2.70 bits per heavy atom. The molecule has 0 fully saturated rings. The lowest BCUT2D eigenvalue weighted by molar-refractivity contribution is 0.318. The van der Waals surface area contributed by atoms with E-state index in [0.29, 0.717) is 11.5 Å². The smallest absolute Gasteiger partial charge is 0.188 e. The minimum atomic E-state index is -0.0359. The fraction of sp³-hybridized carbons (Fsp3) is 0.0667. The number of aryl methyl sites for hydroxylation is 1. The predicted octanol–water partition coefficient (Wildman–Crippen LogP) is 1.81. The van der Waals surface area contributed by atoms with Crippen molar-refractivity contribution in [1.29, 1.82) is 0 Å². The van der Waals surface area contributed by atoms with E-state index in [1.165, 1.54) is 0 Å². The quantitative estimate of drug-likeness (QED) is 0.293. The van der Waals surface area contributed by atoms with Gasteiger partial charge in [0, 0.05) is 18.5 Å². The van der Waals surface area contributed by atoms with Crippen molar-refractivity contribution in [3.8, 4) is 5.82 Å². The fourth-order valence-corrected chi connectivity index (χ4v) is 1.93.